The van der Waals surface area contributed by atoms with Gasteiger partial charge in [-0.05, 0) is 44.9 Å². The SMILES string of the molecule is CCCCCCC/C=C\C/C=C\CCCCCCCCCCCCCCCCCCCCCC(=O)NC(COC1OC(CO)C(OC2OC(CO)C(OC3OC(CO)C(O)C(O)C3O)C(O)C2O)C(O)C1O)C(O)CCCCCCCCCCCCCCCCCCCCCCCCC. The van der Waals surface area contributed by atoms with Crippen LogP contribution < -0.4 is 5.32 Å². The zero-order valence-electron chi connectivity index (χ0n) is 62.5. The second-order valence-electron chi connectivity index (χ2n) is 29.6. The molecule has 3 saturated heterocycles. The van der Waals surface area contributed by atoms with E-state index in [0.717, 1.165) is 51.4 Å². The number of amides is 1. The van der Waals surface area contributed by atoms with Gasteiger partial charge in [0.25, 0.3) is 0 Å². The maximum absolute atomic E-state index is 13.5. The molecule has 0 aliphatic carbocycles. The van der Waals surface area contributed by atoms with E-state index in [-0.39, 0.29) is 18.9 Å². The molecule has 0 aromatic heterocycles. The van der Waals surface area contributed by atoms with Gasteiger partial charge in [0.2, 0.25) is 5.91 Å². The van der Waals surface area contributed by atoms with Crippen molar-refractivity contribution in [2.24, 2.45) is 0 Å². The summed E-state index contributed by atoms with van der Waals surface area (Å²) in [6.45, 7) is 1.85. The minimum atomic E-state index is -1.97. The number of nitrogens with one attached hydrogen (secondary N) is 1. The van der Waals surface area contributed by atoms with Gasteiger partial charge in [-0.1, -0.05) is 321 Å². The lowest BCUT2D eigenvalue weighted by Gasteiger charge is -2.48. The van der Waals surface area contributed by atoms with Crippen LogP contribution in [0.4, 0.5) is 0 Å². The van der Waals surface area contributed by atoms with Gasteiger partial charge in [0.15, 0.2) is 18.9 Å². The molecule has 19 nitrogen and oxygen atoms in total. The van der Waals surface area contributed by atoms with Crippen molar-refractivity contribution in [2.75, 3.05) is 26.4 Å². The van der Waals surface area contributed by atoms with Gasteiger partial charge in [0, 0.05) is 6.42 Å². The molecule has 3 aliphatic heterocycles. The first kappa shape index (κ1) is 91.5. The molecule has 0 bridgehead atoms. The number of hydrogen-bond donors (Lipinski definition) is 12. The van der Waals surface area contributed by atoms with Crippen molar-refractivity contribution >= 4 is 5.91 Å². The Labute approximate surface area is 600 Å². The lowest BCUT2D eigenvalue weighted by atomic mass is 9.96. The van der Waals surface area contributed by atoms with Crippen LogP contribution in [0.1, 0.15) is 348 Å². The van der Waals surface area contributed by atoms with E-state index >= 15 is 0 Å². The molecule has 3 fully saturated rings. The van der Waals surface area contributed by atoms with Gasteiger partial charge >= 0.3 is 0 Å². The Hall–Kier alpha value is -1.73. The largest absolute Gasteiger partial charge is 0.394 e. The first-order valence-electron chi connectivity index (χ1n) is 41.1. The first-order chi connectivity index (χ1) is 48.3. The minimum Gasteiger partial charge on any atom is -0.394 e. The number of aliphatic hydroxyl groups excluding tert-OH is 11. The summed E-state index contributed by atoms with van der Waals surface area (Å²) in [7, 11) is 0. The van der Waals surface area contributed by atoms with Gasteiger partial charge in [-0.3, -0.25) is 4.79 Å². The van der Waals surface area contributed by atoms with Gasteiger partial charge in [0.1, 0.15) is 73.2 Å². The number of hydrogen-bond acceptors (Lipinski definition) is 18. The molecule has 17 unspecified atom stereocenters. The number of ether oxygens (including phenoxy) is 6. The molecular weight excluding hydrogens is 1260 g/mol. The molecule has 19 heteroatoms. The van der Waals surface area contributed by atoms with Crippen molar-refractivity contribution in [3.63, 3.8) is 0 Å². The highest BCUT2D eigenvalue weighted by atomic mass is 16.8. The van der Waals surface area contributed by atoms with Crippen LogP contribution in [0, 0.1) is 0 Å². The topological polar surface area (TPSA) is 307 Å². The van der Waals surface area contributed by atoms with Gasteiger partial charge in [0.05, 0.1) is 38.6 Å². The van der Waals surface area contributed by atoms with E-state index in [1.165, 1.54) is 263 Å². The average molecular weight is 1420 g/mol. The van der Waals surface area contributed by atoms with Crippen LogP contribution in [0.3, 0.4) is 0 Å². The summed E-state index contributed by atoms with van der Waals surface area (Å²) in [4.78, 5) is 13.5. The van der Waals surface area contributed by atoms with Crippen molar-refractivity contribution in [2.45, 2.75) is 452 Å². The maximum Gasteiger partial charge on any atom is 0.220 e. The van der Waals surface area contributed by atoms with Crippen molar-refractivity contribution in [3.05, 3.63) is 24.3 Å². The molecular formula is C80H151NO18. The van der Waals surface area contributed by atoms with Gasteiger partial charge < -0.3 is 89.9 Å². The van der Waals surface area contributed by atoms with Crippen molar-refractivity contribution in [1.82, 2.24) is 5.32 Å². The van der Waals surface area contributed by atoms with Crippen LogP contribution >= 0.6 is 0 Å². The van der Waals surface area contributed by atoms with E-state index in [0.29, 0.717) is 12.8 Å². The van der Waals surface area contributed by atoms with E-state index in [1.54, 1.807) is 0 Å². The summed E-state index contributed by atoms with van der Waals surface area (Å²) in [6.07, 6.45) is 46.9. The fourth-order valence-electron chi connectivity index (χ4n) is 14.2. The molecule has 3 heterocycles. The molecule has 0 aromatic rings. The summed E-state index contributed by atoms with van der Waals surface area (Å²) in [5.41, 5.74) is 0. The van der Waals surface area contributed by atoms with Gasteiger partial charge in [-0.15, -0.1) is 0 Å². The number of rotatable bonds is 66. The van der Waals surface area contributed by atoms with Crippen LogP contribution in [0.15, 0.2) is 24.3 Å². The third-order valence-electron chi connectivity index (χ3n) is 20.8. The average Bonchev–Trinajstić information content (AvgIpc) is 0.577. The summed E-state index contributed by atoms with van der Waals surface area (Å²) >= 11 is 0. The molecule has 99 heavy (non-hydrogen) atoms. The predicted octanol–water partition coefficient (Wildman–Crippen LogP) is 13.7. The maximum atomic E-state index is 13.5. The van der Waals surface area contributed by atoms with E-state index < -0.39 is 124 Å². The van der Waals surface area contributed by atoms with Gasteiger partial charge in [-0.25, -0.2) is 0 Å². The first-order valence-corrected chi connectivity index (χ1v) is 41.1. The second-order valence-corrected chi connectivity index (χ2v) is 29.6. The lowest BCUT2D eigenvalue weighted by molar-refractivity contribution is -0.379. The highest BCUT2D eigenvalue weighted by Crippen LogP contribution is 2.33. The summed E-state index contributed by atoms with van der Waals surface area (Å²) in [5.74, 6) is -0.235. The fourth-order valence-corrected chi connectivity index (χ4v) is 14.2. The Morgan fingerprint density at radius 3 is 1.03 bits per heavy atom. The molecule has 17 atom stereocenters. The zero-order valence-corrected chi connectivity index (χ0v) is 62.5. The number of carbonyl (C=O) groups excluding carboxylic acids is 1. The zero-order chi connectivity index (χ0) is 71.8. The molecule has 0 radical (unpaired) electrons. The minimum absolute atomic E-state index is 0.235. The predicted molar refractivity (Wildman–Crippen MR) is 393 cm³/mol. The Kier molecular flexibility index (Phi) is 56.8. The smallest absolute Gasteiger partial charge is 0.220 e. The molecule has 0 spiro atoms. The summed E-state index contributed by atoms with van der Waals surface area (Å²) in [5, 5.41) is 121. The van der Waals surface area contributed by atoms with Crippen molar-refractivity contribution in [1.29, 1.82) is 0 Å². The van der Waals surface area contributed by atoms with Crippen molar-refractivity contribution < 1.29 is 89.4 Å². The fraction of sp³-hybridized carbons (Fsp3) is 0.938. The molecule has 1 amide bonds. The van der Waals surface area contributed by atoms with Gasteiger partial charge in [-0.2, -0.15) is 0 Å². The van der Waals surface area contributed by atoms with Crippen LogP contribution in [0.2, 0.25) is 0 Å². The number of unbranched alkanes of at least 4 members (excludes halogenated alkanes) is 46. The molecule has 0 saturated carbocycles. The molecule has 0 aromatic carbocycles. The Bertz CT molecular complexity index is 1880. The Morgan fingerprint density at radius 2 is 0.667 bits per heavy atom. The monoisotopic (exact) mass is 1410 g/mol. The number of carbonyl (C=O) groups is 1. The Morgan fingerprint density at radius 1 is 0.364 bits per heavy atom. The summed E-state index contributed by atoms with van der Waals surface area (Å²) < 4.78 is 34.5. The third kappa shape index (κ3) is 41.7. The molecule has 584 valence electrons. The third-order valence-corrected chi connectivity index (χ3v) is 20.8. The standard InChI is InChI=1S/C80H151NO18/c1-3-5-7-9-11-13-15-17-19-21-23-25-27-28-29-30-31-32-33-34-36-38-40-42-44-46-48-50-52-54-56-58-68(86)81-63(64(85)57-55-53-51-49-47-45-43-41-39-37-35-26-24-22-20-18-16-14-12-10-8-6-4-2)62-94-78-74(92)71(89)76(66(60-83)96-78)99-80-75(93)72(90)77(67(61-84)97-80)98-79-73(91)70(88)69(87)65(59-82)95-79/h15,17,21,23,63-67,69-80,82-85,87-93H,3-14,16,18-20,22,24-62H2,1-2H3,(H,81,86)/b17-15-,23-21-. The van der Waals surface area contributed by atoms with Crippen LogP contribution in [-0.2, 0) is 33.2 Å². The normalized spacial score (nSPS) is 26.7. The van der Waals surface area contributed by atoms with Crippen LogP contribution in [-0.4, -0.2) is 193 Å². The highest BCUT2D eigenvalue weighted by molar-refractivity contribution is 5.76. The van der Waals surface area contributed by atoms with E-state index in [2.05, 4.69) is 43.5 Å². The molecule has 3 aliphatic rings. The second kappa shape index (κ2) is 61.4. The van der Waals surface area contributed by atoms with Crippen molar-refractivity contribution in [3.8, 4) is 0 Å². The lowest BCUT2D eigenvalue weighted by Crippen LogP contribution is -2.66. The highest BCUT2D eigenvalue weighted by Gasteiger charge is 2.54. The molecule has 3 rings (SSSR count). The quantitative estimate of drug-likeness (QED) is 0.0199. The van der Waals surface area contributed by atoms with Crippen LogP contribution in [0.25, 0.3) is 0 Å². The number of allylic oxidation sites excluding steroid dienone is 4. The summed E-state index contributed by atoms with van der Waals surface area (Å²) in [6, 6.07) is -0.886. The van der Waals surface area contributed by atoms with E-state index in [4.69, 9.17) is 28.4 Å². The van der Waals surface area contributed by atoms with Crippen LogP contribution in [0.5, 0.6) is 0 Å². The van der Waals surface area contributed by atoms with E-state index in [9.17, 15) is 61.0 Å². The molecule has 12 N–H and O–H groups in total. The number of aliphatic hydroxyl groups is 11. The Balaban J connectivity index is 1.35. The van der Waals surface area contributed by atoms with E-state index in [1.807, 2.05) is 0 Å².